The van der Waals surface area contributed by atoms with E-state index >= 15 is 0 Å². The molecular weight excluding hydrogens is 370 g/mol. The van der Waals surface area contributed by atoms with Crippen LogP contribution < -0.4 is 27.4 Å². The number of aliphatic carboxylic acids is 1. The number of rotatable bonds is 12. The Kier molecular flexibility index (Phi) is 10.8. The van der Waals surface area contributed by atoms with Crippen molar-refractivity contribution in [1.29, 1.82) is 0 Å². The lowest BCUT2D eigenvalue weighted by Crippen LogP contribution is -2.55. The van der Waals surface area contributed by atoms with Gasteiger partial charge in [-0.25, -0.2) is 4.79 Å². The lowest BCUT2D eigenvalue weighted by molar-refractivity contribution is -0.143. The van der Waals surface area contributed by atoms with Crippen molar-refractivity contribution in [2.75, 3.05) is 6.54 Å². The van der Waals surface area contributed by atoms with Crippen molar-refractivity contribution in [1.82, 2.24) is 16.0 Å². The molecule has 0 aliphatic rings. The van der Waals surface area contributed by atoms with Crippen LogP contribution in [-0.4, -0.2) is 59.4 Å². The molecule has 0 aromatic carbocycles. The van der Waals surface area contributed by atoms with Crippen LogP contribution in [-0.2, 0) is 24.0 Å². The quantitative estimate of drug-likeness (QED) is 0.219. The van der Waals surface area contributed by atoms with Crippen LogP contribution in [0.4, 0.5) is 0 Å². The molecule has 8 N–H and O–H groups in total. The van der Waals surface area contributed by atoms with Gasteiger partial charge in [0.2, 0.25) is 23.6 Å². The summed E-state index contributed by atoms with van der Waals surface area (Å²) in [6, 6.07) is -3.24. The number of carboxylic acid groups (broad SMARTS) is 1. The summed E-state index contributed by atoms with van der Waals surface area (Å²) < 4.78 is 0. The maximum atomic E-state index is 12.5. The molecule has 160 valence electrons. The van der Waals surface area contributed by atoms with E-state index in [0.717, 1.165) is 0 Å². The molecule has 0 rings (SSSR count). The Balaban J connectivity index is 4.88. The van der Waals surface area contributed by atoms with Gasteiger partial charge in [-0.3, -0.25) is 19.2 Å². The van der Waals surface area contributed by atoms with Crippen molar-refractivity contribution in [2.24, 2.45) is 23.3 Å². The maximum Gasteiger partial charge on any atom is 0.326 e. The van der Waals surface area contributed by atoms with Gasteiger partial charge in [0.1, 0.15) is 12.1 Å². The average Bonchev–Trinajstić information content (AvgIpc) is 2.54. The van der Waals surface area contributed by atoms with E-state index in [4.69, 9.17) is 11.5 Å². The van der Waals surface area contributed by atoms with Crippen molar-refractivity contribution in [3.8, 4) is 0 Å². The Hall–Kier alpha value is -2.69. The van der Waals surface area contributed by atoms with Gasteiger partial charge in [-0.1, -0.05) is 27.7 Å². The van der Waals surface area contributed by atoms with Gasteiger partial charge in [0, 0.05) is 0 Å². The van der Waals surface area contributed by atoms with Gasteiger partial charge >= 0.3 is 5.97 Å². The largest absolute Gasteiger partial charge is 0.480 e. The monoisotopic (exact) mass is 401 g/mol. The fourth-order valence-corrected chi connectivity index (χ4v) is 2.32. The van der Waals surface area contributed by atoms with E-state index in [0.29, 0.717) is 0 Å². The number of carbonyl (C=O) groups is 5. The molecule has 0 heterocycles. The van der Waals surface area contributed by atoms with Crippen molar-refractivity contribution in [3.05, 3.63) is 0 Å². The first kappa shape index (κ1) is 25.3. The second-order valence-corrected chi connectivity index (χ2v) is 7.31. The molecule has 3 unspecified atom stereocenters. The summed E-state index contributed by atoms with van der Waals surface area (Å²) in [6.45, 7) is 6.53. The van der Waals surface area contributed by atoms with Gasteiger partial charge < -0.3 is 32.5 Å². The normalized spacial score (nSPS) is 14.1. The number of amides is 4. The number of carboxylic acids is 1. The van der Waals surface area contributed by atoms with Gasteiger partial charge in [-0.15, -0.1) is 0 Å². The molecule has 0 aromatic heterocycles. The predicted octanol–water partition coefficient (Wildman–Crippen LogP) is -1.94. The SMILES string of the molecule is CC(C)CC(NC(=O)CNC(=O)C(N)CC(N)=O)C(=O)NC(C(=O)O)C(C)C. The van der Waals surface area contributed by atoms with E-state index in [1.54, 1.807) is 13.8 Å². The summed E-state index contributed by atoms with van der Waals surface area (Å²) in [5, 5.41) is 16.4. The third-order valence-corrected chi connectivity index (χ3v) is 3.77. The molecule has 0 aromatic rings. The zero-order valence-electron chi connectivity index (χ0n) is 16.7. The highest BCUT2D eigenvalue weighted by atomic mass is 16.4. The van der Waals surface area contributed by atoms with Gasteiger partial charge in [0.25, 0.3) is 0 Å². The highest BCUT2D eigenvalue weighted by molar-refractivity contribution is 5.93. The highest BCUT2D eigenvalue weighted by Gasteiger charge is 2.29. The van der Waals surface area contributed by atoms with Crippen LogP contribution in [0.1, 0.15) is 40.5 Å². The van der Waals surface area contributed by atoms with Crippen molar-refractivity contribution < 1.29 is 29.1 Å². The van der Waals surface area contributed by atoms with E-state index < -0.39 is 54.3 Å². The minimum Gasteiger partial charge on any atom is -0.480 e. The second-order valence-electron chi connectivity index (χ2n) is 7.31. The van der Waals surface area contributed by atoms with E-state index in [9.17, 15) is 29.1 Å². The van der Waals surface area contributed by atoms with Crippen LogP contribution in [0.3, 0.4) is 0 Å². The maximum absolute atomic E-state index is 12.5. The molecular formula is C17H31N5O6. The lowest BCUT2D eigenvalue weighted by atomic mass is 10.0. The second kappa shape index (κ2) is 11.9. The minimum absolute atomic E-state index is 0.0389. The molecule has 0 bridgehead atoms. The average molecular weight is 401 g/mol. The highest BCUT2D eigenvalue weighted by Crippen LogP contribution is 2.08. The van der Waals surface area contributed by atoms with Crippen LogP contribution in [0.25, 0.3) is 0 Å². The standard InChI is InChI=1S/C17H31N5O6/c1-8(2)5-11(16(26)22-14(9(3)4)17(27)28)21-13(24)7-20-15(25)10(18)6-12(19)23/h8-11,14H,5-7,18H2,1-4H3,(H2,19,23)(H,20,25)(H,21,24)(H,22,26)(H,27,28). The Bertz CT molecular complexity index is 593. The number of nitrogens with two attached hydrogens (primary N) is 2. The zero-order chi connectivity index (χ0) is 22.0. The molecule has 11 nitrogen and oxygen atoms in total. The van der Waals surface area contributed by atoms with Gasteiger partial charge in [-0.05, 0) is 18.3 Å². The molecule has 0 saturated carbocycles. The third kappa shape index (κ3) is 9.86. The Labute approximate surface area is 164 Å². The van der Waals surface area contributed by atoms with Crippen LogP contribution in [0, 0.1) is 11.8 Å². The van der Waals surface area contributed by atoms with Crippen molar-refractivity contribution in [2.45, 2.75) is 58.7 Å². The molecule has 3 atom stereocenters. The molecule has 0 spiro atoms. The summed E-state index contributed by atoms with van der Waals surface area (Å²) in [5.74, 6) is -4.24. The van der Waals surface area contributed by atoms with Crippen molar-refractivity contribution in [3.63, 3.8) is 0 Å². The molecule has 11 heteroatoms. The molecule has 0 fully saturated rings. The van der Waals surface area contributed by atoms with E-state index in [-0.39, 0.29) is 24.7 Å². The summed E-state index contributed by atoms with van der Waals surface area (Å²) >= 11 is 0. The van der Waals surface area contributed by atoms with Crippen LogP contribution in [0.2, 0.25) is 0 Å². The number of hydrogen-bond acceptors (Lipinski definition) is 6. The smallest absolute Gasteiger partial charge is 0.326 e. The Morgan fingerprint density at radius 3 is 1.96 bits per heavy atom. The molecule has 28 heavy (non-hydrogen) atoms. The van der Waals surface area contributed by atoms with E-state index in [2.05, 4.69) is 16.0 Å². The Morgan fingerprint density at radius 2 is 1.54 bits per heavy atom. The van der Waals surface area contributed by atoms with Crippen LogP contribution in [0.15, 0.2) is 0 Å². The fraction of sp³-hybridized carbons (Fsp3) is 0.706. The molecule has 0 saturated heterocycles. The van der Waals surface area contributed by atoms with E-state index in [1.807, 2.05) is 13.8 Å². The van der Waals surface area contributed by atoms with Gasteiger partial charge in [0.05, 0.1) is 19.0 Å². The summed E-state index contributed by atoms with van der Waals surface area (Å²) in [7, 11) is 0. The van der Waals surface area contributed by atoms with Crippen LogP contribution >= 0.6 is 0 Å². The first-order chi connectivity index (χ1) is 12.8. The summed E-state index contributed by atoms with van der Waals surface area (Å²) in [4.78, 5) is 58.3. The van der Waals surface area contributed by atoms with Crippen molar-refractivity contribution >= 4 is 29.6 Å². The van der Waals surface area contributed by atoms with E-state index in [1.165, 1.54) is 0 Å². The minimum atomic E-state index is -1.18. The van der Waals surface area contributed by atoms with Gasteiger partial charge in [-0.2, -0.15) is 0 Å². The van der Waals surface area contributed by atoms with Crippen LogP contribution in [0.5, 0.6) is 0 Å². The fourth-order valence-electron chi connectivity index (χ4n) is 2.32. The molecule has 0 radical (unpaired) electrons. The lowest BCUT2D eigenvalue weighted by Gasteiger charge is -2.24. The number of nitrogens with one attached hydrogen (secondary N) is 3. The number of hydrogen-bond donors (Lipinski definition) is 6. The first-order valence-electron chi connectivity index (χ1n) is 8.99. The Morgan fingerprint density at radius 1 is 0.964 bits per heavy atom. The first-order valence-corrected chi connectivity index (χ1v) is 8.99. The summed E-state index contributed by atoms with van der Waals surface area (Å²) in [6.07, 6.45) is -0.0885. The molecule has 0 aliphatic carbocycles. The third-order valence-electron chi connectivity index (χ3n) is 3.77. The summed E-state index contributed by atoms with van der Waals surface area (Å²) in [5.41, 5.74) is 10.4. The number of primary amides is 1. The molecule has 0 aliphatic heterocycles. The number of carbonyl (C=O) groups excluding carboxylic acids is 4. The molecule has 4 amide bonds. The zero-order valence-corrected chi connectivity index (χ0v) is 16.7. The predicted molar refractivity (Wildman–Crippen MR) is 101 cm³/mol. The van der Waals surface area contributed by atoms with Gasteiger partial charge in [0.15, 0.2) is 0 Å². The topological polar surface area (TPSA) is 194 Å².